The zero-order valence-electron chi connectivity index (χ0n) is 15.5. The molecule has 7 atom stereocenters. The van der Waals surface area contributed by atoms with E-state index < -0.39 is 17.1 Å². The van der Waals surface area contributed by atoms with Crippen LogP contribution >= 0.6 is 0 Å². The summed E-state index contributed by atoms with van der Waals surface area (Å²) in [5.41, 5.74) is -0.468. The number of fused-ring (bicyclic) bond motifs is 5. The predicted molar refractivity (Wildman–Crippen MR) is 93.7 cm³/mol. The third-order valence-electron chi connectivity index (χ3n) is 8.58. The lowest BCUT2D eigenvalue weighted by Gasteiger charge is -2.62. The van der Waals surface area contributed by atoms with Crippen LogP contribution in [-0.4, -0.2) is 33.5 Å². The zero-order valence-corrected chi connectivity index (χ0v) is 15.5. The third-order valence-corrected chi connectivity index (χ3v) is 8.58. The number of carbonyl (C=O) groups excluding carboxylic acids is 2. The lowest BCUT2D eigenvalue weighted by atomic mass is 9.44. The first-order chi connectivity index (χ1) is 11.6. The minimum atomic E-state index is -0.886. The van der Waals surface area contributed by atoms with Gasteiger partial charge in [-0.2, -0.15) is 0 Å². The predicted octanol–water partition coefficient (Wildman–Crippen LogP) is 2.81. The highest BCUT2D eigenvalue weighted by atomic mass is 16.3. The van der Waals surface area contributed by atoms with Gasteiger partial charge in [-0.3, -0.25) is 9.59 Å². The Morgan fingerprint density at radius 1 is 1.20 bits per heavy atom. The van der Waals surface area contributed by atoms with E-state index in [9.17, 15) is 19.8 Å². The maximum Gasteiger partial charge on any atom is 0.155 e. The maximum absolute atomic E-state index is 12.2. The summed E-state index contributed by atoms with van der Waals surface area (Å²) in [5.74, 6) is 0.142. The minimum absolute atomic E-state index is 0.000882. The summed E-state index contributed by atoms with van der Waals surface area (Å²) in [6.07, 6.45) is 6.03. The molecule has 25 heavy (non-hydrogen) atoms. The van der Waals surface area contributed by atoms with Crippen molar-refractivity contribution >= 4 is 11.6 Å². The normalized spacial score (nSPS) is 52.0. The molecule has 0 amide bonds. The molecule has 0 aliphatic heterocycles. The van der Waals surface area contributed by atoms with Gasteiger partial charge in [0.25, 0.3) is 0 Å². The fourth-order valence-corrected chi connectivity index (χ4v) is 7.29. The first-order valence-corrected chi connectivity index (χ1v) is 9.78. The van der Waals surface area contributed by atoms with Crippen molar-refractivity contribution in [3.05, 3.63) is 11.6 Å². The van der Waals surface area contributed by atoms with Crippen LogP contribution in [0.25, 0.3) is 0 Å². The highest BCUT2D eigenvalue weighted by Crippen LogP contribution is 2.68. The second kappa shape index (κ2) is 5.26. The molecule has 4 heteroatoms. The van der Waals surface area contributed by atoms with E-state index in [1.54, 1.807) is 13.0 Å². The van der Waals surface area contributed by atoms with Crippen molar-refractivity contribution in [2.24, 2.45) is 28.6 Å². The Balaban J connectivity index is 1.78. The van der Waals surface area contributed by atoms with Crippen molar-refractivity contribution in [3.8, 4) is 0 Å². The quantitative estimate of drug-likeness (QED) is 0.766. The van der Waals surface area contributed by atoms with Gasteiger partial charge in [-0.05, 0) is 68.8 Å². The molecule has 0 spiro atoms. The largest absolute Gasteiger partial charge is 0.393 e. The Morgan fingerprint density at radius 3 is 2.60 bits per heavy atom. The van der Waals surface area contributed by atoms with Crippen LogP contribution < -0.4 is 0 Å². The van der Waals surface area contributed by atoms with Crippen molar-refractivity contribution in [1.29, 1.82) is 0 Å². The Bertz CT molecular complexity index is 667. The number of rotatable bonds is 1. The zero-order chi connectivity index (χ0) is 18.2. The molecule has 2 N–H and O–H groups in total. The van der Waals surface area contributed by atoms with Crippen molar-refractivity contribution in [1.82, 2.24) is 0 Å². The lowest BCUT2D eigenvalue weighted by Crippen LogP contribution is -2.65. The molecule has 0 bridgehead atoms. The molecule has 4 rings (SSSR count). The second-order valence-corrected chi connectivity index (χ2v) is 9.54. The molecule has 0 heterocycles. The standard InChI is InChI=1S/C21H30O4/c1-12(22)15-7-9-21(25)16-5-4-13-10-14(23)6-8-19(13,2)18(16)17(24)11-20(15,21)3/h10,15-18,24-25H,4-9,11H2,1-3H3/t15-,16?,17-,18-,19?,20-,21-/m1/s1. The molecule has 138 valence electrons. The monoisotopic (exact) mass is 346 g/mol. The van der Waals surface area contributed by atoms with Crippen LogP contribution in [0.15, 0.2) is 11.6 Å². The first-order valence-electron chi connectivity index (χ1n) is 9.78. The molecular formula is C21H30O4. The molecule has 3 saturated carbocycles. The molecule has 4 aliphatic carbocycles. The average Bonchev–Trinajstić information content (AvgIpc) is 2.79. The van der Waals surface area contributed by atoms with Crippen molar-refractivity contribution < 1.29 is 19.8 Å². The molecule has 0 aromatic heterocycles. The molecule has 0 aromatic carbocycles. The van der Waals surface area contributed by atoms with Crippen molar-refractivity contribution in [3.63, 3.8) is 0 Å². The summed E-state index contributed by atoms with van der Waals surface area (Å²) in [5, 5.41) is 23.0. The Morgan fingerprint density at radius 2 is 1.92 bits per heavy atom. The van der Waals surface area contributed by atoms with Gasteiger partial charge in [0.05, 0.1) is 11.7 Å². The number of hydrogen-bond acceptors (Lipinski definition) is 4. The van der Waals surface area contributed by atoms with Gasteiger partial charge in [0, 0.05) is 17.8 Å². The summed E-state index contributed by atoms with van der Waals surface area (Å²) in [4.78, 5) is 24.1. The summed E-state index contributed by atoms with van der Waals surface area (Å²) in [6, 6.07) is 0. The first kappa shape index (κ1) is 17.4. The Labute approximate surface area is 149 Å². The van der Waals surface area contributed by atoms with E-state index >= 15 is 0 Å². The number of Topliss-reactive ketones (excluding diaryl/α,β-unsaturated/α-hetero) is 1. The number of carbonyl (C=O) groups is 2. The van der Waals surface area contributed by atoms with E-state index in [4.69, 9.17) is 0 Å². The number of ketones is 2. The smallest absolute Gasteiger partial charge is 0.155 e. The number of allylic oxidation sites excluding steroid dienone is 1. The maximum atomic E-state index is 12.2. The summed E-state index contributed by atoms with van der Waals surface area (Å²) < 4.78 is 0. The fourth-order valence-electron chi connectivity index (χ4n) is 7.29. The van der Waals surface area contributed by atoms with Crippen molar-refractivity contribution in [2.45, 2.75) is 77.4 Å². The van der Waals surface area contributed by atoms with Gasteiger partial charge in [0.1, 0.15) is 5.78 Å². The third kappa shape index (κ3) is 2.07. The van der Waals surface area contributed by atoms with Gasteiger partial charge in [0.2, 0.25) is 0 Å². The highest BCUT2D eigenvalue weighted by molar-refractivity contribution is 5.91. The van der Waals surface area contributed by atoms with Crippen LogP contribution in [0.4, 0.5) is 0 Å². The van der Waals surface area contributed by atoms with Gasteiger partial charge < -0.3 is 10.2 Å². The van der Waals surface area contributed by atoms with Gasteiger partial charge in [0.15, 0.2) is 5.78 Å². The summed E-state index contributed by atoms with van der Waals surface area (Å²) in [6.45, 7) is 5.81. The van der Waals surface area contributed by atoms with Crippen LogP contribution in [-0.2, 0) is 9.59 Å². The van der Waals surface area contributed by atoms with E-state index in [2.05, 4.69) is 6.92 Å². The summed E-state index contributed by atoms with van der Waals surface area (Å²) in [7, 11) is 0. The van der Waals surface area contributed by atoms with Crippen molar-refractivity contribution in [2.75, 3.05) is 0 Å². The Kier molecular flexibility index (Phi) is 3.66. The van der Waals surface area contributed by atoms with Gasteiger partial charge >= 0.3 is 0 Å². The molecule has 0 aromatic rings. The van der Waals surface area contributed by atoms with Crippen LogP contribution in [0.2, 0.25) is 0 Å². The molecule has 3 fully saturated rings. The van der Waals surface area contributed by atoms with E-state index in [1.807, 2.05) is 6.92 Å². The van der Waals surface area contributed by atoms with Crippen LogP contribution in [0.5, 0.6) is 0 Å². The fraction of sp³-hybridized carbons (Fsp3) is 0.810. The minimum Gasteiger partial charge on any atom is -0.393 e. The van der Waals surface area contributed by atoms with E-state index in [0.29, 0.717) is 19.3 Å². The molecule has 2 unspecified atom stereocenters. The van der Waals surface area contributed by atoms with Gasteiger partial charge in [-0.25, -0.2) is 0 Å². The number of aliphatic hydroxyl groups excluding tert-OH is 1. The van der Waals surface area contributed by atoms with E-state index in [-0.39, 0.29) is 34.7 Å². The topological polar surface area (TPSA) is 74.6 Å². The molecule has 4 aliphatic rings. The molecule has 4 nitrogen and oxygen atoms in total. The SMILES string of the molecule is CC(=O)[C@H]1CC[C@@]2(O)C3CCC4=CC(=O)CCC4(C)[C@H]3[C@H](O)C[C@]12C. The Hall–Kier alpha value is -1.00. The van der Waals surface area contributed by atoms with E-state index in [0.717, 1.165) is 31.3 Å². The molecule has 0 saturated heterocycles. The number of hydrogen-bond donors (Lipinski definition) is 2. The van der Waals surface area contributed by atoms with Gasteiger partial charge in [-0.15, -0.1) is 0 Å². The van der Waals surface area contributed by atoms with Crippen LogP contribution in [0.3, 0.4) is 0 Å². The number of aliphatic hydroxyl groups is 2. The molecule has 0 radical (unpaired) electrons. The van der Waals surface area contributed by atoms with Crippen LogP contribution in [0.1, 0.15) is 65.7 Å². The highest BCUT2D eigenvalue weighted by Gasteiger charge is 2.69. The molecular weight excluding hydrogens is 316 g/mol. The summed E-state index contributed by atoms with van der Waals surface area (Å²) >= 11 is 0. The lowest BCUT2D eigenvalue weighted by molar-refractivity contribution is -0.218. The van der Waals surface area contributed by atoms with E-state index in [1.165, 1.54) is 0 Å². The van der Waals surface area contributed by atoms with Gasteiger partial charge in [-0.1, -0.05) is 19.4 Å². The van der Waals surface area contributed by atoms with Crippen LogP contribution in [0, 0.1) is 28.6 Å². The average molecular weight is 346 g/mol. The second-order valence-electron chi connectivity index (χ2n) is 9.54.